The van der Waals surface area contributed by atoms with Gasteiger partial charge in [-0.1, -0.05) is 0 Å². The van der Waals surface area contributed by atoms with Gasteiger partial charge in [-0.25, -0.2) is 9.78 Å². The number of nitrogens with zero attached hydrogens (tertiary/aromatic N) is 2. The first-order valence-corrected chi connectivity index (χ1v) is 9.98. The molecule has 1 aromatic rings. The number of carbonyl (C=O) groups excluding carboxylic acids is 1. The van der Waals surface area contributed by atoms with E-state index in [1.807, 2.05) is 0 Å². The average Bonchev–Trinajstić information content (AvgIpc) is 3.18. The summed E-state index contributed by atoms with van der Waals surface area (Å²) >= 11 is 0. The Balaban J connectivity index is 1.58. The number of hydrogen-bond donors (Lipinski definition) is 2. The van der Waals surface area contributed by atoms with Crippen molar-refractivity contribution >= 4 is 17.9 Å². The second-order valence-corrected chi connectivity index (χ2v) is 7.24. The number of rotatable bonds is 8. The highest BCUT2D eigenvalue weighted by molar-refractivity contribution is 5.87. The molecule has 1 saturated carbocycles. The van der Waals surface area contributed by atoms with Crippen LogP contribution in [0.3, 0.4) is 0 Å². The molecule has 2 fully saturated rings. The first-order chi connectivity index (χ1) is 14.0. The van der Waals surface area contributed by atoms with Crippen LogP contribution in [-0.2, 0) is 19.0 Å². The van der Waals surface area contributed by atoms with Crippen LogP contribution in [0.4, 0.5) is 5.82 Å². The Morgan fingerprint density at radius 2 is 2.03 bits per heavy atom. The number of nitrogens with one attached hydrogen (secondary N) is 1. The Morgan fingerprint density at radius 3 is 2.69 bits per heavy atom. The molecule has 0 unspecified atom stereocenters. The lowest BCUT2D eigenvalue weighted by Crippen LogP contribution is -2.44. The SMILES string of the molecule is CCOC(=O)C=Cc1ncc(OC)nc1NCCC1(O)CCC2(CC1)OCCO2. The highest BCUT2D eigenvalue weighted by Gasteiger charge is 2.45. The molecule has 0 amide bonds. The van der Waals surface area contributed by atoms with Crippen molar-refractivity contribution in [2.45, 2.75) is 50.4 Å². The fourth-order valence-corrected chi connectivity index (χ4v) is 3.62. The van der Waals surface area contributed by atoms with E-state index < -0.39 is 17.4 Å². The van der Waals surface area contributed by atoms with E-state index in [0.717, 1.165) is 0 Å². The van der Waals surface area contributed by atoms with Gasteiger partial charge in [0.15, 0.2) is 11.6 Å². The minimum atomic E-state index is -0.777. The molecule has 0 radical (unpaired) electrons. The van der Waals surface area contributed by atoms with Gasteiger partial charge in [-0.3, -0.25) is 0 Å². The lowest BCUT2D eigenvalue weighted by atomic mass is 9.79. The molecule has 9 nitrogen and oxygen atoms in total. The summed E-state index contributed by atoms with van der Waals surface area (Å²) in [4.78, 5) is 20.2. The molecule has 3 rings (SSSR count). The molecule has 2 heterocycles. The molecular weight excluding hydrogens is 378 g/mol. The van der Waals surface area contributed by atoms with E-state index in [1.54, 1.807) is 13.0 Å². The summed E-state index contributed by atoms with van der Waals surface area (Å²) in [5.74, 6) is -0.112. The zero-order valence-corrected chi connectivity index (χ0v) is 17.0. The summed E-state index contributed by atoms with van der Waals surface area (Å²) in [6.07, 6.45) is 7.49. The predicted octanol–water partition coefficient (Wildman–Crippen LogP) is 1.91. The Morgan fingerprint density at radius 1 is 1.31 bits per heavy atom. The summed E-state index contributed by atoms with van der Waals surface area (Å²) < 4.78 is 21.5. The van der Waals surface area contributed by atoms with Crippen LogP contribution in [0, 0.1) is 0 Å². The van der Waals surface area contributed by atoms with Crippen molar-refractivity contribution in [3.8, 4) is 5.88 Å². The van der Waals surface area contributed by atoms with Crippen LogP contribution < -0.4 is 10.1 Å². The Kier molecular flexibility index (Phi) is 7.05. The fourth-order valence-electron chi connectivity index (χ4n) is 3.62. The van der Waals surface area contributed by atoms with Crippen molar-refractivity contribution in [1.82, 2.24) is 9.97 Å². The highest BCUT2D eigenvalue weighted by Crippen LogP contribution is 2.41. The van der Waals surface area contributed by atoms with Crippen molar-refractivity contribution < 1.29 is 28.8 Å². The van der Waals surface area contributed by atoms with Crippen molar-refractivity contribution in [1.29, 1.82) is 0 Å². The van der Waals surface area contributed by atoms with Gasteiger partial charge in [0, 0.05) is 25.5 Å². The molecule has 0 bridgehead atoms. The first-order valence-electron chi connectivity index (χ1n) is 9.98. The zero-order valence-electron chi connectivity index (χ0n) is 17.0. The maximum absolute atomic E-state index is 11.6. The van der Waals surface area contributed by atoms with Crippen molar-refractivity contribution in [2.75, 3.05) is 38.8 Å². The zero-order chi connectivity index (χ0) is 20.7. The summed E-state index contributed by atoms with van der Waals surface area (Å²) in [5, 5.41) is 14.1. The third-order valence-corrected chi connectivity index (χ3v) is 5.29. The van der Waals surface area contributed by atoms with Gasteiger partial charge in [-0.05, 0) is 32.3 Å². The molecule has 1 saturated heterocycles. The largest absolute Gasteiger partial charge is 0.480 e. The molecule has 160 valence electrons. The van der Waals surface area contributed by atoms with Gasteiger partial charge in [0.25, 0.3) is 0 Å². The first kappa shape index (κ1) is 21.5. The number of methoxy groups -OCH3 is 1. The highest BCUT2D eigenvalue weighted by atomic mass is 16.7. The summed E-state index contributed by atoms with van der Waals surface area (Å²) in [7, 11) is 1.51. The average molecular weight is 407 g/mol. The van der Waals surface area contributed by atoms with Crippen molar-refractivity contribution in [3.05, 3.63) is 18.0 Å². The molecule has 0 aromatic carbocycles. The van der Waals surface area contributed by atoms with Crippen LogP contribution in [0.1, 0.15) is 44.7 Å². The van der Waals surface area contributed by atoms with E-state index in [4.69, 9.17) is 18.9 Å². The summed E-state index contributed by atoms with van der Waals surface area (Å²) in [6, 6.07) is 0. The molecule has 1 spiro atoms. The van der Waals surface area contributed by atoms with Gasteiger partial charge in [-0.2, -0.15) is 4.98 Å². The van der Waals surface area contributed by atoms with Crippen LogP contribution in [-0.4, -0.2) is 65.9 Å². The van der Waals surface area contributed by atoms with Gasteiger partial charge < -0.3 is 29.4 Å². The number of hydrogen-bond acceptors (Lipinski definition) is 9. The number of ether oxygens (including phenoxy) is 4. The summed E-state index contributed by atoms with van der Waals surface area (Å²) in [5.41, 5.74) is -0.290. The van der Waals surface area contributed by atoms with Gasteiger partial charge in [0.1, 0.15) is 5.69 Å². The monoisotopic (exact) mass is 407 g/mol. The number of aliphatic hydroxyl groups is 1. The molecule has 1 aromatic heterocycles. The maximum Gasteiger partial charge on any atom is 0.330 e. The van der Waals surface area contributed by atoms with Crippen LogP contribution in [0.25, 0.3) is 6.08 Å². The number of anilines is 1. The molecule has 29 heavy (non-hydrogen) atoms. The number of aromatic nitrogens is 2. The minimum absolute atomic E-state index is 0.304. The molecule has 2 aliphatic rings. The molecular formula is C20H29N3O6. The van der Waals surface area contributed by atoms with Crippen molar-refractivity contribution in [2.24, 2.45) is 0 Å². The van der Waals surface area contributed by atoms with E-state index >= 15 is 0 Å². The standard InChI is InChI=1S/C20H29N3O6/c1-3-27-17(24)5-4-15-18(23-16(26-2)14-22-15)21-11-10-19(25)6-8-20(9-7-19)28-12-13-29-20/h4-5,14,25H,3,6-13H2,1-2H3,(H,21,23). The smallest absolute Gasteiger partial charge is 0.330 e. The molecule has 1 aliphatic heterocycles. The van der Waals surface area contributed by atoms with Gasteiger partial charge >= 0.3 is 5.97 Å². The number of carbonyl (C=O) groups is 1. The second kappa shape index (κ2) is 9.51. The Labute approximate surface area is 170 Å². The lowest BCUT2D eigenvalue weighted by Gasteiger charge is -2.40. The molecule has 0 atom stereocenters. The van der Waals surface area contributed by atoms with Gasteiger partial charge in [0.2, 0.25) is 5.88 Å². The summed E-state index contributed by atoms with van der Waals surface area (Å²) in [6.45, 7) is 3.79. The van der Waals surface area contributed by atoms with Crippen LogP contribution in [0.2, 0.25) is 0 Å². The van der Waals surface area contributed by atoms with E-state index in [-0.39, 0.29) is 0 Å². The van der Waals surface area contributed by atoms with Crippen molar-refractivity contribution in [3.63, 3.8) is 0 Å². The lowest BCUT2D eigenvalue weighted by molar-refractivity contribution is -0.202. The number of esters is 1. The van der Waals surface area contributed by atoms with Crippen LogP contribution in [0.15, 0.2) is 12.3 Å². The predicted molar refractivity (Wildman–Crippen MR) is 105 cm³/mol. The second-order valence-electron chi connectivity index (χ2n) is 7.24. The van der Waals surface area contributed by atoms with Gasteiger partial charge in [0.05, 0.1) is 38.7 Å². The molecule has 2 N–H and O–H groups in total. The Bertz CT molecular complexity index is 723. The van der Waals surface area contributed by atoms with Crippen LogP contribution in [0.5, 0.6) is 5.88 Å². The van der Waals surface area contributed by atoms with E-state index in [0.29, 0.717) is 75.9 Å². The van der Waals surface area contributed by atoms with Crippen LogP contribution >= 0.6 is 0 Å². The topological polar surface area (TPSA) is 112 Å². The van der Waals surface area contributed by atoms with E-state index in [1.165, 1.54) is 19.4 Å². The van der Waals surface area contributed by atoms with Gasteiger partial charge in [-0.15, -0.1) is 0 Å². The van der Waals surface area contributed by atoms with E-state index in [9.17, 15) is 9.90 Å². The quantitative estimate of drug-likeness (QED) is 0.493. The normalized spacial score (nSPS) is 20.1. The third-order valence-electron chi connectivity index (χ3n) is 5.29. The fraction of sp³-hybridized carbons (Fsp3) is 0.650. The molecule has 9 heteroatoms. The third kappa shape index (κ3) is 5.65. The minimum Gasteiger partial charge on any atom is -0.480 e. The maximum atomic E-state index is 11.6. The molecule has 1 aliphatic carbocycles. The van der Waals surface area contributed by atoms with E-state index in [2.05, 4.69) is 15.3 Å². The Hall–Kier alpha value is -2.23.